The van der Waals surface area contributed by atoms with Gasteiger partial charge in [0.15, 0.2) is 11.5 Å². The normalized spacial score (nSPS) is 15.7. The van der Waals surface area contributed by atoms with E-state index in [1.165, 1.54) is 5.69 Å². The van der Waals surface area contributed by atoms with Crippen LogP contribution in [0.15, 0.2) is 24.4 Å². The van der Waals surface area contributed by atoms with E-state index in [1.54, 1.807) is 7.11 Å². The summed E-state index contributed by atoms with van der Waals surface area (Å²) >= 11 is 0. The molecule has 3 rings (SSSR count). The molecule has 1 aliphatic rings. The number of benzene rings is 1. The molecule has 0 N–H and O–H groups in total. The third-order valence-electron chi connectivity index (χ3n) is 4.50. The number of nitrogens with zero attached hydrogens (tertiary/aromatic N) is 2. The van der Waals surface area contributed by atoms with E-state index in [4.69, 9.17) is 14.2 Å². The van der Waals surface area contributed by atoms with Crippen LogP contribution in [0.5, 0.6) is 11.5 Å². The van der Waals surface area contributed by atoms with E-state index in [1.807, 2.05) is 26.1 Å². The molecular weight excluding hydrogens is 304 g/mol. The van der Waals surface area contributed by atoms with Gasteiger partial charge in [-0.15, -0.1) is 0 Å². The maximum Gasteiger partial charge on any atom is 0.163 e. The molecule has 130 valence electrons. The van der Waals surface area contributed by atoms with Gasteiger partial charge < -0.3 is 19.1 Å². The van der Waals surface area contributed by atoms with Crippen LogP contribution >= 0.6 is 0 Å². The Balaban J connectivity index is 1.98. The number of hydrogen-bond acceptors (Lipinski definition) is 5. The van der Waals surface area contributed by atoms with Crippen molar-refractivity contribution in [3.8, 4) is 11.5 Å². The number of pyridine rings is 1. The van der Waals surface area contributed by atoms with Gasteiger partial charge in [-0.1, -0.05) is 0 Å². The number of ether oxygens (including phenoxy) is 3. The second-order valence-electron chi connectivity index (χ2n) is 5.93. The third-order valence-corrected chi connectivity index (χ3v) is 4.50. The van der Waals surface area contributed by atoms with Crippen molar-refractivity contribution in [2.45, 2.75) is 32.8 Å². The quantitative estimate of drug-likeness (QED) is 0.809. The molecule has 0 atom stereocenters. The molecule has 0 saturated carbocycles. The minimum atomic E-state index is 0.373. The van der Waals surface area contributed by atoms with E-state index in [0.29, 0.717) is 19.3 Å². The molecule has 0 spiro atoms. The molecule has 5 heteroatoms. The van der Waals surface area contributed by atoms with Gasteiger partial charge in [-0.05, 0) is 38.8 Å². The van der Waals surface area contributed by atoms with E-state index in [0.717, 1.165) is 48.3 Å². The molecule has 0 unspecified atom stereocenters. The lowest BCUT2D eigenvalue weighted by Crippen LogP contribution is -2.36. The Hall–Kier alpha value is -2.01. The molecule has 1 saturated heterocycles. The SMILES string of the molecule is CCOc1cc2nccc(N3CCC(OC)CC3)c2cc1OCC. The summed E-state index contributed by atoms with van der Waals surface area (Å²) in [5, 5.41) is 1.11. The standard InChI is InChI=1S/C19H26N2O3/c1-4-23-18-12-15-16(13-19(18)24-5-2)20-9-6-17(15)21-10-7-14(22-3)8-11-21/h6,9,12-14H,4-5,7-8,10-11H2,1-3H3. The predicted octanol–water partition coefficient (Wildman–Crippen LogP) is 3.65. The zero-order valence-corrected chi connectivity index (χ0v) is 14.7. The summed E-state index contributed by atoms with van der Waals surface area (Å²) in [6.45, 7) is 7.17. The molecule has 1 aromatic carbocycles. The van der Waals surface area contributed by atoms with Crippen molar-refractivity contribution >= 4 is 16.6 Å². The van der Waals surface area contributed by atoms with E-state index >= 15 is 0 Å². The highest BCUT2D eigenvalue weighted by molar-refractivity contribution is 5.94. The smallest absolute Gasteiger partial charge is 0.163 e. The van der Waals surface area contributed by atoms with Crippen molar-refractivity contribution in [1.82, 2.24) is 4.98 Å². The van der Waals surface area contributed by atoms with E-state index < -0.39 is 0 Å². The Morgan fingerprint density at radius 2 is 1.75 bits per heavy atom. The Morgan fingerprint density at radius 3 is 2.38 bits per heavy atom. The first kappa shape index (κ1) is 16.8. The minimum absolute atomic E-state index is 0.373. The van der Waals surface area contributed by atoms with Crippen LogP contribution in [-0.4, -0.2) is 44.5 Å². The lowest BCUT2D eigenvalue weighted by Gasteiger charge is -2.33. The summed E-state index contributed by atoms with van der Waals surface area (Å²) in [5.74, 6) is 1.54. The number of rotatable bonds is 6. The highest BCUT2D eigenvalue weighted by Crippen LogP contribution is 2.36. The zero-order chi connectivity index (χ0) is 16.9. The predicted molar refractivity (Wildman–Crippen MR) is 96.3 cm³/mol. The fourth-order valence-electron chi connectivity index (χ4n) is 3.28. The average Bonchev–Trinajstić information content (AvgIpc) is 2.62. The van der Waals surface area contributed by atoms with Gasteiger partial charge in [0.1, 0.15) is 0 Å². The maximum atomic E-state index is 5.78. The van der Waals surface area contributed by atoms with Crippen LogP contribution in [0.4, 0.5) is 5.69 Å². The molecule has 24 heavy (non-hydrogen) atoms. The second kappa shape index (κ2) is 7.71. The molecule has 2 aromatic rings. The van der Waals surface area contributed by atoms with E-state index in [2.05, 4.69) is 22.0 Å². The van der Waals surface area contributed by atoms with Crippen molar-refractivity contribution in [3.63, 3.8) is 0 Å². The number of aromatic nitrogens is 1. The largest absolute Gasteiger partial charge is 0.490 e. The number of piperidine rings is 1. The third kappa shape index (κ3) is 3.41. The first-order chi connectivity index (χ1) is 11.8. The second-order valence-corrected chi connectivity index (χ2v) is 5.93. The van der Waals surface area contributed by atoms with Gasteiger partial charge in [-0.25, -0.2) is 0 Å². The molecule has 1 aliphatic heterocycles. The Kier molecular flexibility index (Phi) is 5.41. The summed E-state index contributed by atoms with van der Waals surface area (Å²) in [6, 6.07) is 6.13. The van der Waals surface area contributed by atoms with Crippen molar-refractivity contribution < 1.29 is 14.2 Å². The highest BCUT2D eigenvalue weighted by atomic mass is 16.5. The van der Waals surface area contributed by atoms with E-state index in [9.17, 15) is 0 Å². The Morgan fingerprint density at radius 1 is 1.08 bits per heavy atom. The van der Waals surface area contributed by atoms with E-state index in [-0.39, 0.29) is 0 Å². The Bertz CT molecular complexity index is 682. The molecule has 5 nitrogen and oxygen atoms in total. The van der Waals surface area contributed by atoms with Gasteiger partial charge in [0, 0.05) is 43.5 Å². The Labute approximate surface area is 143 Å². The molecule has 0 radical (unpaired) electrons. The van der Waals surface area contributed by atoms with Crippen LogP contribution in [0.25, 0.3) is 10.9 Å². The molecule has 0 bridgehead atoms. The summed E-state index contributed by atoms with van der Waals surface area (Å²) in [5.41, 5.74) is 2.15. The van der Waals surface area contributed by atoms with Gasteiger partial charge >= 0.3 is 0 Å². The lowest BCUT2D eigenvalue weighted by molar-refractivity contribution is 0.0819. The zero-order valence-electron chi connectivity index (χ0n) is 14.7. The number of anilines is 1. The van der Waals surface area contributed by atoms with Crippen LogP contribution in [0.1, 0.15) is 26.7 Å². The molecular formula is C19H26N2O3. The van der Waals surface area contributed by atoms with Crippen LogP contribution < -0.4 is 14.4 Å². The van der Waals surface area contributed by atoms with Crippen molar-refractivity contribution in [2.24, 2.45) is 0 Å². The lowest BCUT2D eigenvalue weighted by atomic mass is 10.1. The van der Waals surface area contributed by atoms with Gasteiger partial charge in [-0.2, -0.15) is 0 Å². The van der Waals surface area contributed by atoms with Gasteiger partial charge in [-0.3, -0.25) is 4.98 Å². The van der Waals surface area contributed by atoms with Crippen LogP contribution in [0.2, 0.25) is 0 Å². The summed E-state index contributed by atoms with van der Waals surface area (Å²) < 4.78 is 17.0. The van der Waals surface area contributed by atoms with Gasteiger partial charge in [0.25, 0.3) is 0 Å². The van der Waals surface area contributed by atoms with Gasteiger partial charge in [0.05, 0.1) is 24.8 Å². The summed E-state index contributed by atoms with van der Waals surface area (Å²) in [6.07, 6.45) is 4.35. The highest BCUT2D eigenvalue weighted by Gasteiger charge is 2.21. The molecule has 2 heterocycles. The van der Waals surface area contributed by atoms with Crippen molar-refractivity contribution in [3.05, 3.63) is 24.4 Å². The molecule has 0 aliphatic carbocycles. The van der Waals surface area contributed by atoms with Crippen LogP contribution in [0, 0.1) is 0 Å². The number of hydrogen-bond donors (Lipinski definition) is 0. The fraction of sp³-hybridized carbons (Fsp3) is 0.526. The molecule has 0 amide bonds. The van der Waals surface area contributed by atoms with Crippen LogP contribution in [-0.2, 0) is 4.74 Å². The first-order valence-electron chi connectivity index (χ1n) is 8.72. The summed E-state index contributed by atoms with van der Waals surface area (Å²) in [4.78, 5) is 6.94. The summed E-state index contributed by atoms with van der Waals surface area (Å²) in [7, 11) is 1.80. The minimum Gasteiger partial charge on any atom is -0.490 e. The number of fused-ring (bicyclic) bond motifs is 1. The van der Waals surface area contributed by atoms with Crippen molar-refractivity contribution in [2.75, 3.05) is 38.3 Å². The molecule has 1 aromatic heterocycles. The number of methoxy groups -OCH3 is 1. The van der Waals surface area contributed by atoms with Crippen molar-refractivity contribution in [1.29, 1.82) is 0 Å². The monoisotopic (exact) mass is 330 g/mol. The molecule has 1 fully saturated rings. The maximum absolute atomic E-state index is 5.78. The fourth-order valence-corrected chi connectivity index (χ4v) is 3.28. The van der Waals surface area contributed by atoms with Gasteiger partial charge in [0.2, 0.25) is 0 Å². The topological polar surface area (TPSA) is 43.8 Å². The average molecular weight is 330 g/mol. The van der Waals surface area contributed by atoms with Crippen LogP contribution in [0.3, 0.4) is 0 Å². The first-order valence-corrected chi connectivity index (χ1v) is 8.72.